The molecule has 3 rings (SSSR count). The van der Waals surface area contributed by atoms with Crippen molar-refractivity contribution >= 4 is 10.9 Å². The zero-order valence-corrected chi connectivity index (χ0v) is 13.1. The van der Waals surface area contributed by atoms with E-state index in [1.807, 2.05) is 36.4 Å². The first-order valence-corrected chi connectivity index (χ1v) is 7.78. The molecular formula is C18H19F3N2O. The Morgan fingerprint density at radius 3 is 2.67 bits per heavy atom. The van der Waals surface area contributed by atoms with Gasteiger partial charge in [0.05, 0.1) is 5.54 Å². The van der Waals surface area contributed by atoms with Crippen molar-refractivity contribution < 1.29 is 18.3 Å². The van der Waals surface area contributed by atoms with E-state index in [9.17, 15) is 18.3 Å². The van der Waals surface area contributed by atoms with Gasteiger partial charge in [0.2, 0.25) is 0 Å². The smallest absolute Gasteiger partial charge is 0.384 e. The number of aromatic amines is 1. The van der Waals surface area contributed by atoms with Gasteiger partial charge >= 0.3 is 6.18 Å². The van der Waals surface area contributed by atoms with E-state index >= 15 is 0 Å². The van der Waals surface area contributed by atoms with Crippen LogP contribution in [-0.4, -0.2) is 22.4 Å². The van der Waals surface area contributed by atoms with Crippen molar-refractivity contribution in [2.24, 2.45) is 5.92 Å². The third-order valence-electron chi connectivity index (χ3n) is 4.66. The highest BCUT2D eigenvalue weighted by Crippen LogP contribution is 2.40. The topological polar surface area (TPSA) is 48.0 Å². The predicted octanol–water partition coefficient (Wildman–Crippen LogP) is 3.99. The average Bonchev–Trinajstić information content (AvgIpc) is 3.03. The van der Waals surface area contributed by atoms with Crippen molar-refractivity contribution in [1.29, 1.82) is 0 Å². The van der Waals surface area contributed by atoms with Gasteiger partial charge in [-0.2, -0.15) is 13.2 Å². The fourth-order valence-corrected chi connectivity index (χ4v) is 3.34. The standard InChI is InChI=1S/C18H19F3N2O/c1-12(11-16(24)18(19,20)21)17(8-2-3-9-23-17)14-5-4-6-15-13(14)7-10-22-15/h2-10,12,16,22-24H,11H2,1H3. The molecule has 1 aromatic heterocycles. The third-order valence-corrected chi connectivity index (χ3v) is 4.66. The number of aliphatic hydroxyl groups is 1. The molecule has 3 atom stereocenters. The summed E-state index contributed by atoms with van der Waals surface area (Å²) in [6, 6.07) is 7.61. The maximum atomic E-state index is 12.8. The van der Waals surface area contributed by atoms with Crippen LogP contribution in [0.1, 0.15) is 18.9 Å². The number of alkyl halides is 3. The number of hydrogen-bond donors (Lipinski definition) is 3. The quantitative estimate of drug-likeness (QED) is 0.791. The summed E-state index contributed by atoms with van der Waals surface area (Å²) in [6.45, 7) is 1.72. The number of H-pyrrole nitrogens is 1. The van der Waals surface area contributed by atoms with Crippen molar-refractivity contribution in [3.63, 3.8) is 0 Å². The number of rotatable bonds is 4. The van der Waals surface area contributed by atoms with Gasteiger partial charge in [-0.3, -0.25) is 0 Å². The summed E-state index contributed by atoms with van der Waals surface area (Å²) in [6.07, 6.45) is 1.64. The van der Waals surface area contributed by atoms with E-state index < -0.39 is 30.2 Å². The fourth-order valence-electron chi connectivity index (χ4n) is 3.34. The number of halogens is 3. The lowest BCUT2D eigenvalue weighted by molar-refractivity contribution is -0.209. The molecule has 0 saturated heterocycles. The molecule has 1 aliphatic heterocycles. The van der Waals surface area contributed by atoms with Gasteiger partial charge in [0.25, 0.3) is 0 Å². The molecule has 0 spiro atoms. The van der Waals surface area contributed by atoms with Crippen LogP contribution in [0.25, 0.3) is 10.9 Å². The van der Waals surface area contributed by atoms with Crippen LogP contribution >= 0.6 is 0 Å². The molecule has 0 fully saturated rings. The molecule has 2 heterocycles. The Labute approximate surface area is 137 Å². The predicted molar refractivity (Wildman–Crippen MR) is 87.2 cm³/mol. The molecule has 3 unspecified atom stereocenters. The second kappa shape index (κ2) is 6.02. The Morgan fingerprint density at radius 2 is 2.00 bits per heavy atom. The first-order valence-electron chi connectivity index (χ1n) is 7.78. The normalized spacial score (nSPS) is 23.2. The summed E-state index contributed by atoms with van der Waals surface area (Å²) < 4.78 is 38.4. The van der Waals surface area contributed by atoms with Crippen molar-refractivity contribution in [3.8, 4) is 0 Å². The first-order chi connectivity index (χ1) is 11.3. The maximum absolute atomic E-state index is 12.8. The van der Waals surface area contributed by atoms with Gasteiger partial charge in [0, 0.05) is 17.1 Å². The van der Waals surface area contributed by atoms with E-state index in [-0.39, 0.29) is 0 Å². The summed E-state index contributed by atoms with van der Waals surface area (Å²) >= 11 is 0. The lowest BCUT2D eigenvalue weighted by atomic mass is 9.74. The number of dihydropyridines is 1. The van der Waals surface area contributed by atoms with Crippen LogP contribution in [-0.2, 0) is 5.54 Å². The van der Waals surface area contributed by atoms with E-state index in [1.54, 1.807) is 25.4 Å². The highest BCUT2D eigenvalue weighted by Gasteiger charge is 2.44. The van der Waals surface area contributed by atoms with Crippen LogP contribution < -0.4 is 5.32 Å². The molecule has 128 valence electrons. The molecule has 0 saturated carbocycles. The van der Waals surface area contributed by atoms with Crippen LogP contribution in [0.5, 0.6) is 0 Å². The molecule has 0 aliphatic carbocycles. The molecule has 6 heteroatoms. The van der Waals surface area contributed by atoms with Crippen LogP contribution in [0, 0.1) is 5.92 Å². The number of aliphatic hydroxyl groups excluding tert-OH is 1. The third kappa shape index (κ3) is 2.82. The minimum absolute atomic E-state index is 0.393. The number of aromatic nitrogens is 1. The Bertz CT molecular complexity index is 778. The lowest BCUT2D eigenvalue weighted by Gasteiger charge is -2.40. The van der Waals surface area contributed by atoms with Gasteiger partial charge in [-0.25, -0.2) is 0 Å². The Hall–Kier alpha value is -2.21. The first kappa shape index (κ1) is 16.6. The summed E-state index contributed by atoms with van der Waals surface area (Å²) in [5.41, 5.74) is 0.979. The molecule has 2 aromatic rings. The van der Waals surface area contributed by atoms with Gasteiger partial charge in [0.15, 0.2) is 0 Å². The van der Waals surface area contributed by atoms with Gasteiger partial charge in [-0.15, -0.1) is 0 Å². The molecule has 0 radical (unpaired) electrons. The summed E-state index contributed by atoms with van der Waals surface area (Å²) in [7, 11) is 0. The second-order valence-electron chi connectivity index (χ2n) is 6.17. The summed E-state index contributed by atoms with van der Waals surface area (Å²) in [4.78, 5) is 3.12. The molecule has 3 nitrogen and oxygen atoms in total. The van der Waals surface area contributed by atoms with Crippen molar-refractivity contribution in [2.45, 2.75) is 31.2 Å². The molecule has 0 bridgehead atoms. The Morgan fingerprint density at radius 1 is 1.21 bits per heavy atom. The minimum atomic E-state index is -4.62. The van der Waals surface area contributed by atoms with Crippen LogP contribution in [0.2, 0.25) is 0 Å². The fraction of sp³-hybridized carbons (Fsp3) is 0.333. The highest BCUT2D eigenvalue weighted by atomic mass is 19.4. The van der Waals surface area contributed by atoms with Gasteiger partial charge < -0.3 is 15.4 Å². The number of benzene rings is 1. The molecule has 24 heavy (non-hydrogen) atoms. The van der Waals surface area contributed by atoms with Crippen molar-refractivity contribution in [3.05, 3.63) is 60.5 Å². The van der Waals surface area contributed by atoms with E-state index in [4.69, 9.17) is 0 Å². The zero-order valence-electron chi connectivity index (χ0n) is 13.1. The Kier molecular flexibility index (Phi) is 4.17. The van der Waals surface area contributed by atoms with E-state index in [0.717, 1.165) is 16.5 Å². The minimum Gasteiger partial charge on any atom is -0.384 e. The van der Waals surface area contributed by atoms with Gasteiger partial charge in [0.1, 0.15) is 6.10 Å². The number of hydrogen-bond acceptors (Lipinski definition) is 2. The van der Waals surface area contributed by atoms with Gasteiger partial charge in [-0.05, 0) is 42.3 Å². The zero-order chi connectivity index (χ0) is 17.4. The van der Waals surface area contributed by atoms with Crippen molar-refractivity contribution in [1.82, 2.24) is 10.3 Å². The van der Waals surface area contributed by atoms with Gasteiger partial charge in [-0.1, -0.05) is 31.2 Å². The number of allylic oxidation sites excluding steroid dienone is 2. The van der Waals surface area contributed by atoms with E-state index in [1.165, 1.54) is 0 Å². The molecule has 1 aliphatic rings. The average molecular weight is 336 g/mol. The van der Waals surface area contributed by atoms with Crippen LogP contribution in [0.4, 0.5) is 13.2 Å². The van der Waals surface area contributed by atoms with E-state index in [0.29, 0.717) is 0 Å². The highest BCUT2D eigenvalue weighted by molar-refractivity contribution is 5.84. The van der Waals surface area contributed by atoms with E-state index in [2.05, 4.69) is 10.3 Å². The SMILES string of the molecule is CC(CC(O)C(F)(F)F)C1(c2cccc3[nH]ccc23)C=CC=CN1. The van der Waals surface area contributed by atoms with Crippen LogP contribution in [0.3, 0.4) is 0 Å². The summed E-state index contributed by atoms with van der Waals surface area (Å²) in [5, 5.41) is 13.7. The maximum Gasteiger partial charge on any atom is 0.414 e. The molecule has 1 aromatic carbocycles. The largest absolute Gasteiger partial charge is 0.414 e. The summed E-state index contributed by atoms with van der Waals surface area (Å²) in [5.74, 6) is -0.490. The van der Waals surface area contributed by atoms with Crippen molar-refractivity contribution in [2.75, 3.05) is 0 Å². The molecule has 3 N–H and O–H groups in total. The second-order valence-corrected chi connectivity index (χ2v) is 6.17. The monoisotopic (exact) mass is 336 g/mol. The number of fused-ring (bicyclic) bond motifs is 1. The number of nitrogens with one attached hydrogen (secondary N) is 2. The Balaban J connectivity index is 2.04. The van der Waals surface area contributed by atoms with Crippen LogP contribution in [0.15, 0.2) is 54.9 Å². The lowest BCUT2D eigenvalue weighted by Crippen LogP contribution is -2.47. The molecular weight excluding hydrogens is 317 g/mol. The molecule has 0 amide bonds.